The normalized spacial score (nSPS) is 9.00. The van der Waals surface area contributed by atoms with Crippen molar-refractivity contribution in [1.29, 1.82) is 10.5 Å². The fraction of sp³-hybridized carbons (Fsp3) is 0.105. The molecule has 4 heteroatoms. The number of benzene rings is 2. The molecule has 0 saturated heterocycles. The maximum absolute atomic E-state index is 8.78. The van der Waals surface area contributed by atoms with Crippen LogP contribution in [-0.2, 0) is 11.3 Å². The summed E-state index contributed by atoms with van der Waals surface area (Å²) in [5, 5.41) is 17.6. The number of allylic oxidation sites excluding steroid dienone is 1. The van der Waals surface area contributed by atoms with E-state index in [1.54, 1.807) is 36.4 Å². The van der Waals surface area contributed by atoms with E-state index in [1.807, 2.05) is 30.3 Å². The van der Waals surface area contributed by atoms with Crippen LogP contribution in [0.25, 0.3) is 5.76 Å². The highest BCUT2D eigenvalue weighted by molar-refractivity contribution is 5.62. The van der Waals surface area contributed by atoms with E-state index in [-0.39, 0.29) is 5.57 Å². The van der Waals surface area contributed by atoms with Gasteiger partial charge in [-0.25, -0.2) is 0 Å². The number of methoxy groups -OCH3 is 1. The van der Waals surface area contributed by atoms with Crippen molar-refractivity contribution in [2.75, 3.05) is 7.11 Å². The lowest BCUT2D eigenvalue weighted by molar-refractivity contribution is 0.306. The van der Waals surface area contributed by atoms with Crippen LogP contribution in [0.3, 0.4) is 0 Å². The molecule has 0 aromatic heterocycles. The van der Waals surface area contributed by atoms with Crippen molar-refractivity contribution in [1.82, 2.24) is 0 Å². The second-order valence-corrected chi connectivity index (χ2v) is 4.56. The largest absolute Gasteiger partial charge is 0.489 e. The monoisotopic (exact) mass is 302 g/mol. The van der Waals surface area contributed by atoms with Gasteiger partial charge in [-0.05, 0) is 35.6 Å². The molecular weight excluding hydrogens is 288 g/mol. The van der Waals surface area contributed by atoms with E-state index in [0.29, 0.717) is 17.9 Å². The van der Waals surface area contributed by atoms with Crippen LogP contribution in [0.5, 0.6) is 5.75 Å². The number of nitriles is 2. The molecule has 0 fully saturated rings. The fourth-order valence-electron chi connectivity index (χ4n) is 1.88. The second-order valence-electron chi connectivity index (χ2n) is 4.56. The average molecular weight is 302 g/mol. The molecule has 0 N–H and O–H groups in total. The fourth-order valence-corrected chi connectivity index (χ4v) is 1.88. The summed E-state index contributed by atoms with van der Waals surface area (Å²) in [6.07, 6.45) is 0. The molecule has 0 heterocycles. The number of hydrogen-bond acceptors (Lipinski definition) is 4. The molecular formula is C19H14N2O2. The topological polar surface area (TPSA) is 66.0 Å². The standard InChI is InChI=1S/C19H14N2O2/c1-22-19(11-16(12-20)13-21)17-7-9-18(10-8-17)23-14-15-5-3-2-4-6-15/h2-10H,14H2,1H3. The molecule has 0 aliphatic heterocycles. The van der Waals surface area contributed by atoms with E-state index in [0.717, 1.165) is 11.3 Å². The molecule has 4 nitrogen and oxygen atoms in total. The predicted octanol–water partition coefficient (Wildman–Crippen LogP) is 3.83. The molecule has 0 atom stereocenters. The van der Waals surface area contributed by atoms with Crippen molar-refractivity contribution in [3.05, 3.63) is 77.0 Å². The van der Waals surface area contributed by atoms with E-state index in [2.05, 4.69) is 5.73 Å². The zero-order chi connectivity index (χ0) is 16.5. The smallest absolute Gasteiger partial charge is 0.175 e. The first kappa shape index (κ1) is 15.9. The predicted molar refractivity (Wildman–Crippen MR) is 85.9 cm³/mol. The lowest BCUT2D eigenvalue weighted by atomic mass is 10.1. The Morgan fingerprint density at radius 1 is 0.957 bits per heavy atom. The molecule has 0 aliphatic rings. The molecule has 0 amide bonds. The molecule has 0 aliphatic carbocycles. The van der Waals surface area contributed by atoms with Crippen LogP contribution >= 0.6 is 0 Å². The van der Waals surface area contributed by atoms with Gasteiger partial charge in [-0.15, -0.1) is 0 Å². The molecule has 23 heavy (non-hydrogen) atoms. The van der Waals surface area contributed by atoms with Crippen LogP contribution in [0, 0.1) is 22.7 Å². The third-order valence-corrected chi connectivity index (χ3v) is 3.03. The van der Waals surface area contributed by atoms with Crippen molar-refractivity contribution < 1.29 is 9.47 Å². The molecule has 0 radical (unpaired) electrons. The van der Waals surface area contributed by atoms with E-state index >= 15 is 0 Å². The summed E-state index contributed by atoms with van der Waals surface area (Å²) in [4.78, 5) is 0. The first-order chi connectivity index (χ1) is 11.3. The van der Waals surface area contributed by atoms with E-state index in [1.165, 1.54) is 7.11 Å². The Labute approximate surface area is 135 Å². The summed E-state index contributed by atoms with van der Waals surface area (Å²) in [6.45, 7) is 0.486. The zero-order valence-electron chi connectivity index (χ0n) is 12.6. The Morgan fingerprint density at radius 3 is 2.17 bits per heavy atom. The molecule has 2 rings (SSSR count). The molecule has 112 valence electrons. The third-order valence-electron chi connectivity index (χ3n) is 3.03. The van der Waals surface area contributed by atoms with Crippen LogP contribution in [0.4, 0.5) is 0 Å². The van der Waals surface area contributed by atoms with E-state index < -0.39 is 0 Å². The number of ether oxygens (including phenoxy) is 2. The molecule has 0 bridgehead atoms. The number of hydrogen-bond donors (Lipinski definition) is 0. The second kappa shape index (κ2) is 8.10. The summed E-state index contributed by atoms with van der Waals surface area (Å²) in [6, 6.07) is 20.6. The summed E-state index contributed by atoms with van der Waals surface area (Å²) in [7, 11) is 1.47. The quantitative estimate of drug-likeness (QED) is 0.478. The zero-order valence-corrected chi connectivity index (χ0v) is 12.6. The third kappa shape index (κ3) is 4.51. The van der Waals surface area contributed by atoms with Crippen molar-refractivity contribution in [2.24, 2.45) is 0 Å². The maximum Gasteiger partial charge on any atom is 0.175 e. The van der Waals surface area contributed by atoms with E-state index in [9.17, 15) is 0 Å². The molecule has 0 spiro atoms. The molecule has 0 unspecified atom stereocenters. The number of rotatable bonds is 5. The molecule has 2 aromatic carbocycles. The Kier molecular flexibility index (Phi) is 5.61. The van der Waals surface area contributed by atoms with Crippen molar-refractivity contribution in [3.8, 4) is 17.9 Å². The lowest BCUT2D eigenvalue weighted by Crippen LogP contribution is -1.95. The van der Waals surface area contributed by atoms with Gasteiger partial charge >= 0.3 is 0 Å². The Balaban J connectivity index is 2.15. The van der Waals surface area contributed by atoms with Crippen LogP contribution in [0.1, 0.15) is 11.1 Å². The van der Waals surface area contributed by atoms with Crippen LogP contribution < -0.4 is 4.74 Å². The van der Waals surface area contributed by atoms with Gasteiger partial charge in [-0.1, -0.05) is 30.3 Å². The van der Waals surface area contributed by atoms with Gasteiger partial charge in [0, 0.05) is 5.56 Å². The highest BCUT2D eigenvalue weighted by Crippen LogP contribution is 2.20. The lowest BCUT2D eigenvalue weighted by Gasteiger charge is -2.08. The first-order valence-corrected chi connectivity index (χ1v) is 6.89. The molecule has 2 aromatic rings. The van der Waals surface area contributed by atoms with Crippen molar-refractivity contribution >= 4 is 5.76 Å². The van der Waals surface area contributed by atoms with Crippen LogP contribution in [0.15, 0.2) is 65.9 Å². The Morgan fingerprint density at radius 2 is 1.61 bits per heavy atom. The minimum absolute atomic E-state index is 0.133. The van der Waals surface area contributed by atoms with Crippen LogP contribution in [0.2, 0.25) is 0 Å². The van der Waals surface area contributed by atoms with Gasteiger partial charge in [0.2, 0.25) is 0 Å². The molecule has 0 saturated carbocycles. The van der Waals surface area contributed by atoms with Crippen molar-refractivity contribution in [3.63, 3.8) is 0 Å². The highest BCUT2D eigenvalue weighted by Gasteiger charge is 2.03. The SMILES string of the molecule is COC(=C=C(C#N)C#N)c1ccc(OCc2ccccc2)cc1. The Hall–Kier alpha value is -3.46. The highest BCUT2D eigenvalue weighted by atomic mass is 16.5. The average Bonchev–Trinajstić information content (AvgIpc) is 2.63. The van der Waals surface area contributed by atoms with Gasteiger partial charge in [0.05, 0.1) is 7.11 Å². The number of nitrogens with zero attached hydrogens (tertiary/aromatic N) is 2. The summed E-state index contributed by atoms with van der Waals surface area (Å²) in [5.41, 5.74) is 4.31. The first-order valence-electron chi connectivity index (χ1n) is 6.89. The van der Waals surface area contributed by atoms with Gasteiger partial charge < -0.3 is 9.47 Å². The minimum Gasteiger partial charge on any atom is -0.489 e. The van der Waals surface area contributed by atoms with Crippen molar-refractivity contribution in [2.45, 2.75) is 6.61 Å². The van der Waals surface area contributed by atoms with Gasteiger partial charge in [0.15, 0.2) is 11.3 Å². The maximum atomic E-state index is 8.78. The van der Waals surface area contributed by atoms with Gasteiger partial charge in [-0.3, -0.25) is 0 Å². The van der Waals surface area contributed by atoms with Crippen LogP contribution in [-0.4, -0.2) is 7.11 Å². The summed E-state index contributed by atoms with van der Waals surface area (Å²) in [5.74, 6) is 1.05. The minimum atomic E-state index is -0.133. The van der Waals surface area contributed by atoms with E-state index in [4.69, 9.17) is 20.0 Å². The van der Waals surface area contributed by atoms with Gasteiger partial charge in [-0.2, -0.15) is 10.5 Å². The van der Waals surface area contributed by atoms with Gasteiger partial charge in [0.1, 0.15) is 24.5 Å². The Bertz CT molecular complexity index is 787. The summed E-state index contributed by atoms with van der Waals surface area (Å²) >= 11 is 0. The summed E-state index contributed by atoms with van der Waals surface area (Å²) < 4.78 is 10.9. The van der Waals surface area contributed by atoms with Gasteiger partial charge in [0.25, 0.3) is 0 Å².